The maximum Gasteiger partial charge on any atom is 0.330 e. The Morgan fingerprint density at radius 3 is 2.25 bits per heavy atom. The van der Waals surface area contributed by atoms with Crippen molar-refractivity contribution in [3.05, 3.63) is 23.3 Å². The molecule has 0 amide bonds. The van der Waals surface area contributed by atoms with E-state index in [1.165, 1.54) is 11.6 Å². The largest absolute Gasteiger partial charge is 0.463 e. The van der Waals surface area contributed by atoms with Gasteiger partial charge >= 0.3 is 5.97 Å². The third kappa shape index (κ3) is 5.71. The van der Waals surface area contributed by atoms with Gasteiger partial charge in [-0.05, 0) is 33.3 Å². The topological polar surface area (TPSA) is 26.3 Å². The van der Waals surface area contributed by atoms with Crippen LogP contribution in [-0.2, 0) is 9.53 Å². The number of hydrogen-bond acceptors (Lipinski definition) is 2. The Labute approximate surface area is 73.9 Å². The molecule has 0 aliphatic carbocycles. The summed E-state index contributed by atoms with van der Waals surface area (Å²) in [7, 11) is 0. The van der Waals surface area contributed by atoms with Gasteiger partial charge in [0.15, 0.2) is 0 Å². The maximum atomic E-state index is 10.9. The van der Waals surface area contributed by atoms with Crippen LogP contribution in [0.15, 0.2) is 23.3 Å². The predicted molar refractivity (Wildman–Crippen MR) is 49.8 cm³/mol. The molecule has 0 aliphatic rings. The summed E-state index contributed by atoms with van der Waals surface area (Å²) >= 11 is 0. The quantitative estimate of drug-likeness (QED) is 0.367. The number of rotatable bonds is 3. The molecule has 0 spiro atoms. The highest BCUT2D eigenvalue weighted by Crippen LogP contribution is 2.00. The van der Waals surface area contributed by atoms with E-state index >= 15 is 0 Å². The van der Waals surface area contributed by atoms with Crippen molar-refractivity contribution in [3.63, 3.8) is 0 Å². The van der Waals surface area contributed by atoms with E-state index in [4.69, 9.17) is 4.74 Å². The van der Waals surface area contributed by atoms with E-state index < -0.39 is 0 Å². The number of carbonyl (C=O) groups is 1. The molecule has 68 valence electrons. The fraction of sp³-hybridized carbons (Fsp3) is 0.500. The molecule has 0 bridgehead atoms. The van der Waals surface area contributed by atoms with Gasteiger partial charge < -0.3 is 4.74 Å². The second-order valence-corrected chi connectivity index (χ2v) is 2.86. The summed E-state index contributed by atoms with van der Waals surface area (Å²) in [5, 5.41) is 0. The van der Waals surface area contributed by atoms with Crippen molar-refractivity contribution >= 4 is 5.97 Å². The second kappa shape index (κ2) is 5.58. The molecule has 0 rings (SSSR count). The van der Waals surface area contributed by atoms with E-state index in [2.05, 4.69) is 0 Å². The van der Waals surface area contributed by atoms with Crippen LogP contribution in [0.25, 0.3) is 0 Å². The fourth-order valence-corrected chi connectivity index (χ4v) is 0.867. The van der Waals surface area contributed by atoms with Gasteiger partial charge in [0.1, 0.15) is 0 Å². The minimum absolute atomic E-state index is 0.271. The van der Waals surface area contributed by atoms with Gasteiger partial charge in [0, 0.05) is 6.08 Å². The highest BCUT2D eigenvalue weighted by Gasteiger charge is 1.94. The third-order valence-electron chi connectivity index (χ3n) is 1.15. The van der Waals surface area contributed by atoms with Gasteiger partial charge in [-0.3, -0.25) is 0 Å². The Morgan fingerprint density at radius 2 is 1.83 bits per heavy atom. The SMILES string of the molecule is CCOC(=O)C=C(C)C=C(C)C. The lowest BCUT2D eigenvalue weighted by Gasteiger charge is -1.96. The highest BCUT2D eigenvalue weighted by molar-refractivity contribution is 5.83. The summed E-state index contributed by atoms with van der Waals surface area (Å²) in [4.78, 5) is 10.9. The molecule has 0 atom stereocenters. The minimum atomic E-state index is -0.271. The summed E-state index contributed by atoms with van der Waals surface area (Å²) in [6.07, 6.45) is 3.44. The molecule has 0 aliphatic heterocycles. The van der Waals surface area contributed by atoms with Gasteiger partial charge in [-0.1, -0.05) is 11.6 Å². The lowest BCUT2D eigenvalue weighted by molar-refractivity contribution is -0.137. The molecule has 2 heteroatoms. The van der Waals surface area contributed by atoms with Crippen LogP contribution in [0.3, 0.4) is 0 Å². The van der Waals surface area contributed by atoms with Gasteiger partial charge in [-0.25, -0.2) is 4.79 Å². The number of esters is 1. The first-order valence-electron chi connectivity index (χ1n) is 4.06. The van der Waals surface area contributed by atoms with Crippen LogP contribution in [0.1, 0.15) is 27.7 Å². The number of hydrogen-bond donors (Lipinski definition) is 0. The molecular formula is C10H16O2. The lowest BCUT2D eigenvalue weighted by Crippen LogP contribution is -1.99. The molecule has 0 aromatic rings. The number of ether oxygens (including phenoxy) is 1. The van der Waals surface area contributed by atoms with E-state index in [0.29, 0.717) is 6.61 Å². The zero-order chi connectivity index (χ0) is 9.56. The van der Waals surface area contributed by atoms with Crippen molar-refractivity contribution in [2.45, 2.75) is 27.7 Å². The van der Waals surface area contributed by atoms with Crippen LogP contribution < -0.4 is 0 Å². The smallest absolute Gasteiger partial charge is 0.330 e. The maximum absolute atomic E-state index is 10.9. The summed E-state index contributed by atoms with van der Waals surface area (Å²) in [6.45, 7) is 8.08. The van der Waals surface area contributed by atoms with Gasteiger partial charge in [0.2, 0.25) is 0 Å². The standard InChI is InChI=1S/C10H16O2/c1-5-12-10(11)7-9(4)6-8(2)3/h6-7H,5H2,1-4H3. The normalized spacial score (nSPS) is 10.8. The Kier molecular flexibility index (Phi) is 5.09. The zero-order valence-electron chi connectivity index (χ0n) is 8.18. The average molecular weight is 168 g/mol. The van der Waals surface area contributed by atoms with Crippen molar-refractivity contribution in [3.8, 4) is 0 Å². The predicted octanol–water partition coefficient (Wildman–Crippen LogP) is 2.46. The van der Waals surface area contributed by atoms with Crippen LogP contribution in [-0.4, -0.2) is 12.6 Å². The van der Waals surface area contributed by atoms with Crippen LogP contribution >= 0.6 is 0 Å². The van der Waals surface area contributed by atoms with Gasteiger partial charge in [0.25, 0.3) is 0 Å². The third-order valence-corrected chi connectivity index (χ3v) is 1.15. The van der Waals surface area contributed by atoms with Gasteiger partial charge in [0.05, 0.1) is 6.61 Å². The lowest BCUT2D eigenvalue weighted by atomic mass is 10.2. The van der Waals surface area contributed by atoms with E-state index in [1.807, 2.05) is 26.8 Å². The van der Waals surface area contributed by atoms with Crippen molar-refractivity contribution in [1.82, 2.24) is 0 Å². The Morgan fingerprint density at radius 1 is 1.25 bits per heavy atom. The van der Waals surface area contributed by atoms with E-state index in [1.54, 1.807) is 6.92 Å². The van der Waals surface area contributed by atoms with Gasteiger partial charge in [-0.15, -0.1) is 0 Å². The van der Waals surface area contributed by atoms with E-state index in [-0.39, 0.29) is 5.97 Å². The average Bonchev–Trinajstić information content (AvgIpc) is 1.84. The Bertz CT molecular complexity index is 208. The molecule has 0 fully saturated rings. The molecule has 0 heterocycles. The van der Waals surface area contributed by atoms with Crippen LogP contribution in [0.4, 0.5) is 0 Å². The summed E-state index contributed by atoms with van der Waals surface area (Å²) in [5.41, 5.74) is 2.10. The van der Waals surface area contributed by atoms with E-state index in [9.17, 15) is 4.79 Å². The van der Waals surface area contributed by atoms with Gasteiger partial charge in [-0.2, -0.15) is 0 Å². The first-order chi connectivity index (χ1) is 5.56. The molecular weight excluding hydrogens is 152 g/mol. The molecule has 0 N–H and O–H groups in total. The van der Waals surface area contributed by atoms with Crippen LogP contribution in [0.5, 0.6) is 0 Å². The summed E-state index contributed by atoms with van der Waals surface area (Å²) in [6, 6.07) is 0. The number of carbonyl (C=O) groups excluding carboxylic acids is 1. The first kappa shape index (κ1) is 11.0. The first-order valence-corrected chi connectivity index (χ1v) is 4.06. The molecule has 0 radical (unpaired) electrons. The summed E-state index contributed by atoms with van der Waals surface area (Å²) in [5.74, 6) is -0.271. The fourth-order valence-electron chi connectivity index (χ4n) is 0.867. The van der Waals surface area contributed by atoms with Crippen molar-refractivity contribution in [2.24, 2.45) is 0 Å². The minimum Gasteiger partial charge on any atom is -0.463 e. The van der Waals surface area contributed by atoms with Crippen molar-refractivity contribution in [2.75, 3.05) is 6.61 Å². The Hall–Kier alpha value is -1.05. The van der Waals surface area contributed by atoms with Crippen LogP contribution in [0, 0.1) is 0 Å². The second-order valence-electron chi connectivity index (χ2n) is 2.86. The molecule has 0 aromatic carbocycles. The van der Waals surface area contributed by atoms with Crippen molar-refractivity contribution < 1.29 is 9.53 Å². The number of allylic oxidation sites excluding steroid dienone is 3. The molecule has 12 heavy (non-hydrogen) atoms. The monoisotopic (exact) mass is 168 g/mol. The van der Waals surface area contributed by atoms with Crippen molar-refractivity contribution in [1.29, 1.82) is 0 Å². The molecule has 0 saturated carbocycles. The molecule has 2 nitrogen and oxygen atoms in total. The summed E-state index contributed by atoms with van der Waals surface area (Å²) < 4.78 is 4.75. The van der Waals surface area contributed by atoms with E-state index in [0.717, 1.165) is 5.57 Å². The van der Waals surface area contributed by atoms with Crippen LogP contribution in [0.2, 0.25) is 0 Å². The Balaban J connectivity index is 4.16. The molecule has 0 unspecified atom stereocenters. The molecule has 0 aromatic heterocycles. The zero-order valence-corrected chi connectivity index (χ0v) is 8.18. The molecule has 0 saturated heterocycles. The highest BCUT2D eigenvalue weighted by atomic mass is 16.5.